The summed E-state index contributed by atoms with van der Waals surface area (Å²) in [5.74, 6) is 0. The summed E-state index contributed by atoms with van der Waals surface area (Å²) >= 11 is 1.15. The summed E-state index contributed by atoms with van der Waals surface area (Å²) in [6.45, 7) is 0. The van der Waals surface area contributed by atoms with Gasteiger partial charge in [-0.05, 0) is 12.5 Å². The van der Waals surface area contributed by atoms with E-state index in [1.54, 1.807) is 18.5 Å². The maximum Gasteiger partial charge on any atom is 0.126 e. The highest BCUT2D eigenvalue weighted by molar-refractivity contribution is 8.14. The van der Waals surface area contributed by atoms with Gasteiger partial charge in [-0.25, -0.2) is 0 Å². The van der Waals surface area contributed by atoms with Crippen molar-refractivity contribution < 1.29 is 10.3 Å². The highest BCUT2D eigenvalue weighted by Crippen LogP contribution is 1.99. The lowest BCUT2D eigenvalue weighted by Crippen LogP contribution is -2.44. The molecule has 0 aromatic rings. The van der Waals surface area contributed by atoms with E-state index in [2.05, 4.69) is 5.32 Å². The lowest BCUT2D eigenvalue weighted by atomic mass is 10.3. The number of aliphatic hydroxyl groups is 1. The molecule has 0 aliphatic rings. The molecule has 0 spiro atoms. The van der Waals surface area contributed by atoms with E-state index in [-0.39, 0.29) is 0 Å². The highest BCUT2D eigenvalue weighted by atomic mass is 32.2. The summed E-state index contributed by atoms with van der Waals surface area (Å²) in [7, 11) is 1.58. The Morgan fingerprint density at radius 3 is 2.67 bits per heavy atom. The molecule has 2 atom stereocenters. The maximum atomic E-state index is 9.17. The Labute approximate surface area is 75.3 Å². The van der Waals surface area contributed by atoms with Crippen LogP contribution in [0.1, 0.15) is 0 Å². The van der Waals surface area contributed by atoms with Gasteiger partial charge in [-0.15, -0.1) is 0 Å². The van der Waals surface area contributed by atoms with E-state index < -0.39 is 12.3 Å². The van der Waals surface area contributed by atoms with Gasteiger partial charge < -0.3 is 15.7 Å². The Hall–Kier alpha value is -0.400. The minimum absolute atomic E-state index is 0.567. The van der Waals surface area contributed by atoms with Crippen molar-refractivity contribution in [2.45, 2.75) is 12.3 Å². The number of aliphatic hydroxyl groups excluding tert-OH is 1. The van der Waals surface area contributed by atoms with Gasteiger partial charge in [0.05, 0.1) is 11.6 Å². The van der Waals surface area contributed by atoms with E-state index in [4.69, 9.17) is 15.7 Å². The Morgan fingerprint density at radius 2 is 2.25 bits per heavy atom. The average Bonchev–Trinajstić information content (AvgIpc) is 2.11. The molecule has 0 aromatic heterocycles. The Balaban J connectivity index is 3.88. The third-order valence-corrected chi connectivity index (χ3v) is 1.67. The molecule has 0 aliphatic heterocycles. The van der Waals surface area contributed by atoms with Crippen LogP contribution >= 0.6 is 11.8 Å². The first-order valence-corrected chi connectivity index (χ1v) is 4.26. The van der Waals surface area contributed by atoms with Crippen LogP contribution in [-0.4, -0.2) is 35.2 Å². The fourth-order valence-electron chi connectivity index (χ4n) is 0.568. The Morgan fingerprint density at radius 1 is 1.58 bits per heavy atom. The number of likely N-dealkylation sites (N-methyl/N-ethyl adjacent to an activating group) is 1. The van der Waals surface area contributed by atoms with Crippen LogP contribution in [-0.2, 0) is 0 Å². The SMILES string of the molecule is CNC(O)C(/C=C/SC=N)NO. The van der Waals surface area contributed by atoms with Crippen LogP contribution in [0, 0.1) is 5.41 Å². The predicted octanol–water partition coefficient (Wildman–Crippen LogP) is -0.274. The number of hydrogen-bond donors (Lipinski definition) is 5. The maximum absolute atomic E-state index is 9.17. The second-order valence-corrected chi connectivity index (χ2v) is 2.75. The van der Waals surface area contributed by atoms with Crippen LogP contribution in [0.15, 0.2) is 11.5 Å². The van der Waals surface area contributed by atoms with Gasteiger partial charge in [0, 0.05) is 0 Å². The van der Waals surface area contributed by atoms with Crippen molar-refractivity contribution in [2.24, 2.45) is 0 Å². The molecule has 0 bridgehead atoms. The standard InChI is InChI=1S/C6H13N3O2S/c1-8-6(10)5(9-11)2-3-12-4-7/h2-11H,1H3/b3-2+,7-4?. The molecule has 0 aromatic carbocycles. The largest absolute Gasteiger partial charge is 0.377 e. The molecule has 12 heavy (non-hydrogen) atoms. The summed E-state index contributed by atoms with van der Waals surface area (Å²) in [6, 6.07) is -0.567. The third-order valence-electron chi connectivity index (χ3n) is 1.22. The summed E-state index contributed by atoms with van der Waals surface area (Å²) in [5, 5.41) is 28.6. The van der Waals surface area contributed by atoms with Crippen LogP contribution in [0.4, 0.5) is 0 Å². The first-order valence-electron chi connectivity index (χ1n) is 3.32. The van der Waals surface area contributed by atoms with E-state index in [9.17, 15) is 0 Å². The van der Waals surface area contributed by atoms with E-state index in [0.29, 0.717) is 0 Å². The van der Waals surface area contributed by atoms with E-state index in [0.717, 1.165) is 17.3 Å². The van der Waals surface area contributed by atoms with Gasteiger partial charge in [-0.2, -0.15) is 5.48 Å². The monoisotopic (exact) mass is 191 g/mol. The molecule has 5 nitrogen and oxygen atoms in total. The van der Waals surface area contributed by atoms with E-state index in [1.807, 2.05) is 5.48 Å². The smallest absolute Gasteiger partial charge is 0.126 e. The second kappa shape index (κ2) is 7.26. The molecule has 0 amide bonds. The summed E-state index contributed by atoms with van der Waals surface area (Å²) in [6.07, 6.45) is 0.703. The molecule has 0 fully saturated rings. The number of thioether (sulfide) groups is 1. The van der Waals surface area contributed by atoms with Crippen LogP contribution in [0.3, 0.4) is 0 Å². The molecular weight excluding hydrogens is 178 g/mol. The molecule has 0 radical (unpaired) electrons. The van der Waals surface area contributed by atoms with Crippen LogP contribution in [0.2, 0.25) is 0 Å². The van der Waals surface area contributed by atoms with Crippen molar-refractivity contribution in [1.29, 1.82) is 5.41 Å². The number of nitrogens with one attached hydrogen (secondary N) is 3. The first kappa shape index (κ1) is 11.6. The molecular formula is C6H13N3O2S. The third kappa shape index (κ3) is 4.47. The summed E-state index contributed by atoms with van der Waals surface area (Å²) in [4.78, 5) is 0. The van der Waals surface area contributed by atoms with E-state index in [1.165, 1.54) is 0 Å². The quantitative estimate of drug-likeness (QED) is 0.172. The molecule has 0 saturated carbocycles. The minimum Gasteiger partial charge on any atom is -0.377 e. The van der Waals surface area contributed by atoms with Gasteiger partial charge in [0.1, 0.15) is 6.23 Å². The zero-order valence-electron chi connectivity index (χ0n) is 6.69. The molecule has 0 aliphatic carbocycles. The molecule has 0 heterocycles. The molecule has 70 valence electrons. The zero-order chi connectivity index (χ0) is 9.40. The van der Waals surface area contributed by atoms with Crippen LogP contribution < -0.4 is 10.8 Å². The second-order valence-electron chi connectivity index (χ2n) is 1.97. The minimum atomic E-state index is -0.849. The van der Waals surface area contributed by atoms with Crippen molar-refractivity contribution in [1.82, 2.24) is 10.8 Å². The zero-order valence-corrected chi connectivity index (χ0v) is 7.51. The van der Waals surface area contributed by atoms with Crippen LogP contribution in [0.5, 0.6) is 0 Å². The Bertz CT molecular complexity index is 154. The van der Waals surface area contributed by atoms with Crippen molar-refractivity contribution >= 4 is 17.3 Å². The average molecular weight is 191 g/mol. The van der Waals surface area contributed by atoms with Gasteiger partial charge in [-0.3, -0.25) is 5.32 Å². The topological polar surface area (TPSA) is 88.4 Å². The normalized spacial score (nSPS) is 16.2. The van der Waals surface area contributed by atoms with Gasteiger partial charge in [0.15, 0.2) is 0 Å². The number of hydrogen-bond acceptors (Lipinski definition) is 6. The molecule has 0 saturated heterocycles. The Kier molecular flexibility index (Phi) is 7.02. The number of hydroxylamine groups is 1. The van der Waals surface area contributed by atoms with Crippen molar-refractivity contribution in [2.75, 3.05) is 7.05 Å². The van der Waals surface area contributed by atoms with Crippen molar-refractivity contribution in [3.8, 4) is 0 Å². The van der Waals surface area contributed by atoms with Gasteiger partial charge in [0.25, 0.3) is 0 Å². The fraction of sp³-hybridized carbons (Fsp3) is 0.500. The van der Waals surface area contributed by atoms with Gasteiger partial charge >= 0.3 is 0 Å². The molecule has 0 rings (SSSR count). The molecule has 2 unspecified atom stereocenters. The summed E-state index contributed by atoms with van der Waals surface area (Å²) < 4.78 is 0. The van der Waals surface area contributed by atoms with Crippen molar-refractivity contribution in [3.63, 3.8) is 0 Å². The number of rotatable bonds is 6. The summed E-state index contributed by atoms with van der Waals surface area (Å²) in [5.41, 5.74) is 3.07. The van der Waals surface area contributed by atoms with Gasteiger partial charge in [0.2, 0.25) is 0 Å². The lowest BCUT2D eigenvalue weighted by Gasteiger charge is -2.16. The predicted molar refractivity (Wildman–Crippen MR) is 49.3 cm³/mol. The lowest BCUT2D eigenvalue weighted by molar-refractivity contribution is 0.0460. The van der Waals surface area contributed by atoms with Gasteiger partial charge in [-0.1, -0.05) is 17.8 Å². The molecule has 6 heteroatoms. The molecule has 5 N–H and O–H groups in total. The van der Waals surface area contributed by atoms with Crippen molar-refractivity contribution in [3.05, 3.63) is 11.5 Å². The first-order chi connectivity index (χ1) is 5.76. The fourth-order valence-corrected chi connectivity index (χ4v) is 0.906. The van der Waals surface area contributed by atoms with E-state index >= 15 is 0 Å². The van der Waals surface area contributed by atoms with Crippen LogP contribution in [0.25, 0.3) is 0 Å². The highest BCUT2D eigenvalue weighted by Gasteiger charge is 2.11.